The van der Waals surface area contributed by atoms with E-state index in [4.69, 9.17) is 0 Å². The van der Waals surface area contributed by atoms with Crippen LogP contribution in [0.15, 0.2) is 24.3 Å². The van der Waals surface area contributed by atoms with Crippen LogP contribution in [0.2, 0.25) is 0 Å². The molecule has 1 rings (SSSR count). The quantitative estimate of drug-likeness (QED) is 0.749. The van der Waals surface area contributed by atoms with Crippen LogP contribution in [0.1, 0.15) is 20.3 Å². The molecule has 5 heteroatoms. The van der Waals surface area contributed by atoms with Crippen molar-refractivity contribution in [2.45, 2.75) is 32.0 Å². The number of carbonyl (C=O) groups excluding carboxylic acids is 1. The zero-order valence-corrected chi connectivity index (χ0v) is 11.8. The zero-order chi connectivity index (χ0) is 14.6. The number of amides is 1. The molecular formula is C14H22N2O3. The van der Waals surface area contributed by atoms with Crippen LogP contribution in [-0.2, 0) is 4.79 Å². The monoisotopic (exact) mass is 266 g/mol. The van der Waals surface area contributed by atoms with E-state index >= 15 is 0 Å². The van der Waals surface area contributed by atoms with Gasteiger partial charge in [0.25, 0.3) is 5.91 Å². The van der Waals surface area contributed by atoms with Crippen molar-refractivity contribution >= 4 is 17.3 Å². The number of anilines is 2. The second-order valence-corrected chi connectivity index (χ2v) is 5.04. The van der Waals surface area contributed by atoms with Crippen LogP contribution in [-0.4, -0.2) is 41.9 Å². The minimum Gasteiger partial charge on any atom is -0.387 e. The lowest BCUT2D eigenvalue weighted by molar-refractivity contribution is -0.138. The van der Waals surface area contributed by atoms with Gasteiger partial charge in [0.05, 0.1) is 5.60 Å². The average Bonchev–Trinajstić information content (AvgIpc) is 2.38. The number of hydrogen-bond donors (Lipinski definition) is 3. The Morgan fingerprint density at radius 2 is 1.89 bits per heavy atom. The largest absolute Gasteiger partial charge is 0.387 e. The number of aliphatic hydroxyl groups is 2. The van der Waals surface area contributed by atoms with Gasteiger partial charge in [0, 0.05) is 25.5 Å². The number of nitrogens with zero attached hydrogens (tertiary/aromatic N) is 1. The molecule has 1 amide bonds. The summed E-state index contributed by atoms with van der Waals surface area (Å²) in [7, 11) is 3.85. The van der Waals surface area contributed by atoms with Gasteiger partial charge in [-0.15, -0.1) is 0 Å². The third-order valence-corrected chi connectivity index (χ3v) is 3.20. The minimum atomic E-state index is -1.45. The van der Waals surface area contributed by atoms with Crippen LogP contribution in [0.5, 0.6) is 0 Å². The average molecular weight is 266 g/mol. The molecule has 0 saturated heterocycles. The van der Waals surface area contributed by atoms with Gasteiger partial charge < -0.3 is 20.4 Å². The van der Waals surface area contributed by atoms with Crippen LogP contribution in [0.25, 0.3) is 0 Å². The van der Waals surface area contributed by atoms with Gasteiger partial charge in [0.1, 0.15) is 0 Å². The lowest BCUT2D eigenvalue weighted by Gasteiger charge is -2.26. The van der Waals surface area contributed by atoms with Gasteiger partial charge in [-0.05, 0) is 37.6 Å². The summed E-state index contributed by atoms with van der Waals surface area (Å²) >= 11 is 0. The fraction of sp³-hybridized carbons (Fsp3) is 0.500. The zero-order valence-electron chi connectivity index (χ0n) is 11.8. The normalized spacial score (nSPS) is 15.5. The van der Waals surface area contributed by atoms with Crippen molar-refractivity contribution in [3.8, 4) is 0 Å². The molecule has 0 aliphatic carbocycles. The van der Waals surface area contributed by atoms with Gasteiger partial charge in [0.15, 0.2) is 6.10 Å². The van der Waals surface area contributed by atoms with Crippen molar-refractivity contribution in [2.24, 2.45) is 0 Å². The lowest BCUT2D eigenvalue weighted by atomic mass is 9.95. The molecular weight excluding hydrogens is 244 g/mol. The van der Waals surface area contributed by atoms with Gasteiger partial charge in [-0.3, -0.25) is 4.79 Å². The first-order valence-corrected chi connectivity index (χ1v) is 6.26. The van der Waals surface area contributed by atoms with Crippen LogP contribution in [0.3, 0.4) is 0 Å². The maximum absolute atomic E-state index is 11.8. The SMILES string of the molecule is CCC(C)(O)C(O)C(=O)Nc1ccc(N(C)C)cc1. The van der Waals surface area contributed by atoms with Gasteiger partial charge in [-0.25, -0.2) is 0 Å². The number of benzene rings is 1. The van der Waals surface area contributed by atoms with E-state index in [-0.39, 0.29) is 0 Å². The summed E-state index contributed by atoms with van der Waals surface area (Å²) in [5.74, 6) is -0.607. The van der Waals surface area contributed by atoms with Crippen molar-refractivity contribution in [3.05, 3.63) is 24.3 Å². The summed E-state index contributed by atoms with van der Waals surface area (Å²) in [5, 5.41) is 22.2. The Labute approximate surface area is 113 Å². The van der Waals surface area contributed by atoms with Crippen molar-refractivity contribution in [2.75, 3.05) is 24.3 Å². The Bertz CT molecular complexity index is 427. The first-order valence-electron chi connectivity index (χ1n) is 6.26. The molecule has 19 heavy (non-hydrogen) atoms. The summed E-state index contributed by atoms with van der Waals surface area (Å²) in [6.45, 7) is 3.15. The molecule has 3 N–H and O–H groups in total. The molecule has 0 spiro atoms. The lowest BCUT2D eigenvalue weighted by Crippen LogP contribution is -2.46. The summed E-state index contributed by atoms with van der Waals surface area (Å²) in [4.78, 5) is 13.8. The Morgan fingerprint density at radius 1 is 1.37 bits per heavy atom. The molecule has 0 heterocycles. The minimum absolute atomic E-state index is 0.293. The van der Waals surface area contributed by atoms with E-state index in [1.165, 1.54) is 6.92 Å². The van der Waals surface area contributed by atoms with E-state index in [0.717, 1.165) is 5.69 Å². The van der Waals surface area contributed by atoms with Crippen LogP contribution in [0, 0.1) is 0 Å². The van der Waals surface area contributed by atoms with Crippen molar-refractivity contribution in [3.63, 3.8) is 0 Å². The molecule has 0 fully saturated rings. The van der Waals surface area contributed by atoms with Gasteiger partial charge >= 0.3 is 0 Å². The maximum atomic E-state index is 11.8. The third kappa shape index (κ3) is 3.94. The Kier molecular flexibility index (Phi) is 4.91. The topological polar surface area (TPSA) is 72.8 Å². The molecule has 0 radical (unpaired) electrons. The first-order chi connectivity index (χ1) is 8.77. The molecule has 0 aliphatic heterocycles. The highest BCUT2D eigenvalue weighted by atomic mass is 16.3. The summed E-state index contributed by atoms with van der Waals surface area (Å²) in [6, 6.07) is 7.22. The third-order valence-electron chi connectivity index (χ3n) is 3.20. The van der Waals surface area contributed by atoms with E-state index in [0.29, 0.717) is 12.1 Å². The molecule has 106 valence electrons. The van der Waals surface area contributed by atoms with Crippen molar-refractivity contribution in [1.82, 2.24) is 0 Å². The summed E-state index contributed by atoms with van der Waals surface area (Å²) in [6.07, 6.45) is -1.16. The summed E-state index contributed by atoms with van der Waals surface area (Å²) < 4.78 is 0. The number of carbonyl (C=O) groups is 1. The van der Waals surface area contributed by atoms with Gasteiger partial charge in [0.2, 0.25) is 0 Å². The van der Waals surface area contributed by atoms with E-state index in [9.17, 15) is 15.0 Å². The second kappa shape index (κ2) is 6.04. The maximum Gasteiger partial charge on any atom is 0.256 e. The Hall–Kier alpha value is -1.59. The number of hydrogen-bond acceptors (Lipinski definition) is 4. The molecule has 0 bridgehead atoms. The number of nitrogens with one attached hydrogen (secondary N) is 1. The highest BCUT2D eigenvalue weighted by molar-refractivity contribution is 5.94. The smallest absolute Gasteiger partial charge is 0.256 e. The molecule has 0 aliphatic rings. The Morgan fingerprint density at radius 3 is 2.32 bits per heavy atom. The second-order valence-electron chi connectivity index (χ2n) is 5.04. The molecule has 2 unspecified atom stereocenters. The molecule has 5 nitrogen and oxygen atoms in total. The van der Waals surface area contributed by atoms with Crippen molar-refractivity contribution < 1.29 is 15.0 Å². The van der Waals surface area contributed by atoms with Crippen LogP contribution in [0.4, 0.5) is 11.4 Å². The predicted octanol–water partition coefficient (Wildman–Crippen LogP) is 1.21. The molecule has 2 atom stereocenters. The van der Waals surface area contributed by atoms with Crippen LogP contribution >= 0.6 is 0 Å². The fourth-order valence-corrected chi connectivity index (χ4v) is 1.53. The standard InChI is InChI=1S/C14H22N2O3/c1-5-14(2,19)12(17)13(18)15-10-6-8-11(9-7-10)16(3)4/h6-9,12,17,19H,5H2,1-4H3,(H,15,18). The van der Waals surface area contributed by atoms with E-state index in [1.54, 1.807) is 19.1 Å². The van der Waals surface area contributed by atoms with Crippen molar-refractivity contribution in [1.29, 1.82) is 0 Å². The molecule has 0 saturated carbocycles. The van der Waals surface area contributed by atoms with E-state index in [1.807, 2.05) is 31.1 Å². The Balaban J connectivity index is 2.72. The molecule has 0 aromatic heterocycles. The van der Waals surface area contributed by atoms with Gasteiger partial charge in [-0.1, -0.05) is 6.92 Å². The number of rotatable bonds is 5. The van der Waals surface area contributed by atoms with Gasteiger partial charge in [-0.2, -0.15) is 0 Å². The highest BCUT2D eigenvalue weighted by Gasteiger charge is 2.34. The van der Waals surface area contributed by atoms with E-state index in [2.05, 4.69) is 5.32 Å². The van der Waals surface area contributed by atoms with Crippen LogP contribution < -0.4 is 10.2 Å². The number of aliphatic hydroxyl groups excluding tert-OH is 1. The highest BCUT2D eigenvalue weighted by Crippen LogP contribution is 2.18. The molecule has 1 aromatic rings. The molecule has 1 aromatic carbocycles. The first kappa shape index (κ1) is 15.5. The predicted molar refractivity (Wildman–Crippen MR) is 76.3 cm³/mol. The summed E-state index contributed by atoms with van der Waals surface area (Å²) in [5.41, 5.74) is 0.175. The fourth-order valence-electron chi connectivity index (χ4n) is 1.53. The van der Waals surface area contributed by atoms with E-state index < -0.39 is 17.6 Å².